The van der Waals surface area contributed by atoms with Crippen molar-refractivity contribution in [3.8, 4) is 6.07 Å². The summed E-state index contributed by atoms with van der Waals surface area (Å²) in [7, 11) is 1.56. The second-order valence-electron chi connectivity index (χ2n) is 10.1. The third-order valence-electron chi connectivity index (χ3n) is 7.71. The highest BCUT2D eigenvalue weighted by molar-refractivity contribution is 6.31. The fourth-order valence-electron chi connectivity index (χ4n) is 5.50. The van der Waals surface area contributed by atoms with Gasteiger partial charge in [-0.3, -0.25) is 9.59 Å². The number of carbonyl (C=O) groups is 2. The van der Waals surface area contributed by atoms with Crippen LogP contribution in [0.1, 0.15) is 46.7 Å². The highest BCUT2D eigenvalue weighted by Gasteiger charge is 2.42. The van der Waals surface area contributed by atoms with Gasteiger partial charge in [-0.05, 0) is 61.8 Å². The van der Waals surface area contributed by atoms with E-state index >= 15 is 0 Å². The van der Waals surface area contributed by atoms with Gasteiger partial charge in [0.2, 0.25) is 5.91 Å². The summed E-state index contributed by atoms with van der Waals surface area (Å²) < 4.78 is 40.3. The smallest absolute Gasteiger partial charge is 0.340 e. The van der Waals surface area contributed by atoms with E-state index in [2.05, 4.69) is 11.0 Å². The number of alkyl halides is 3. The third kappa shape index (κ3) is 6.68. The molecule has 0 bridgehead atoms. The van der Waals surface area contributed by atoms with Crippen molar-refractivity contribution in [1.82, 2.24) is 14.7 Å². The molecule has 2 aromatic carbocycles. The first kappa shape index (κ1) is 29.2. The van der Waals surface area contributed by atoms with Crippen LogP contribution in [0.3, 0.4) is 0 Å². The van der Waals surface area contributed by atoms with E-state index < -0.39 is 28.7 Å². The fraction of sp³-hybridized carbons (Fsp3) is 0.464. The van der Waals surface area contributed by atoms with Gasteiger partial charge in [0, 0.05) is 55.5 Å². The van der Waals surface area contributed by atoms with Gasteiger partial charge >= 0.3 is 6.18 Å². The number of nitrogens with zero attached hydrogens (tertiary/aromatic N) is 4. The van der Waals surface area contributed by atoms with E-state index in [9.17, 15) is 22.8 Å². The first-order valence-electron chi connectivity index (χ1n) is 12.8. The van der Waals surface area contributed by atoms with E-state index in [1.54, 1.807) is 24.1 Å². The maximum absolute atomic E-state index is 13.5. The van der Waals surface area contributed by atoms with Gasteiger partial charge in [-0.15, -0.1) is 0 Å². The van der Waals surface area contributed by atoms with Gasteiger partial charge in [0.25, 0.3) is 5.91 Å². The minimum atomic E-state index is -4.70. The molecule has 2 aliphatic heterocycles. The third-order valence-corrected chi connectivity index (χ3v) is 8.29. The molecule has 2 atom stereocenters. The van der Waals surface area contributed by atoms with Crippen LogP contribution in [-0.2, 0) is 11.0 Å². The summed E-state index contributed by atoms with van der Waals surface area (Å²) in [6.45, 7) is 2.82. The van der Waals surface area contributed by atoms with E-state index in [1.165, 1.54) is 11.0 Å². The highest BCUT2D eigenvalue weighted by atomic mass is 35.5. The molecule has 6 nitrogen and oxygen atoms in total. The van der Waals surface area contributed by atoms with Gasteiger partial charge < -0.3 is 14.7 Å². The number of benzene rings is 2. The molecule has 0 radical (unpaired) electrons. The Hall–Kier alpha value is -2.80. The summed E-state index contributed by atoms with van der Waals surface area (Å²) >= 11 is 11.8. The second-order valence-corrected chi connectivity index (χ2v) is 10.9. The number of piperidine rings is 1. The normalized spacial score (nSPS) is 20.6. The van der Waals surface area contributed by atoms with E-state index in [0.29, 0.717) is 37.4 Å². The van der Waals surface area contributed by atoms with Crippen LogP contribution in [0.25, 0.3) is 0 Å². The molecule has 0 spiro atoms. The van der Waals surface area contributed by atoms with Crippen LogP contribution in [0.4, 0.5) is 13.2 Å². The number of amides is 2. The molecule has 39 heavy (non-hydrogen) atoms. The van der Waals surface area contributed by atoms with E-state index in [0.717, 1.165) is 30.8 Å². The van der Waals surface area contributed by atoms with Gasteiger partial charge in [0.05, 0.1) is 22.7 Å². The zero-order valence-electron chi connectivity index (χ0n) is 21.4. The molecule has 0 saturated carbocycles. The predicted octanol–water partition coefficient (Wildman–Crippen LogP) is 5.70. The van der Waals surface area contributed by atoms with Crippen LogP contribution in [0, 0.1) is 17.2 Å². The minimum Gasteiger partial charge on any atom is -0.340 e. The Labute approximate surface area is 235 Å². The Balaban J connectivity index is 1.55. The van der Waals surface area contributed by atoms with Gasteiger partial charge in [0.15, 0.2) is 0 Å². The van der Waals surface area contributed by atoms with Gasteiger partial charge in [-0.2, -0.15) is 18.4 Å². The van der Waals surface area contributed by atoms with Crippen molar-refractivity contribution in [1.29, 1.82) is 5.26 Å². The lowest BCUT2D eigenvalue weighted by Crippen LogP contribution is -2.44. The number of likely N-dealkylation sites (N-methyl/N-ethyl adjacent to an activating group) is 1. The topological polar surface area (TPSA) is 67.7 Å². The molecule has 0 aliphatic carbocycles. The quantitative estimate of drug-likeness (QED) is 0.439. The molecule has 2 saturated heterocycles. The minimum absolute atomic E-state index is 0.0168. The average molecular weight is 581 g/mol. The van der Waals surface area contributed by atoms with Crippen LogP contribution in [-0.4, -0.2) is 72.3 Å². The van der Waals surface area contributed by atoms with Crippen molar-refractivity contribution in [3.63, 3.8) is 0 Å². The summed E-state index contributed by atoms with van der Waals surface area (Å²) in [5, 5.41) is 8.90. The van der Waals surface area contributed by atoms with Gasteiger partial charge in [-0.1, -0.05) is 35.3 Å². The van der Waals surface area contributed by atoms with Crippen molar-refractivity contribution < 1.29 is 22.8 Å². The summed E-state index contributed by atoms with van der Waals surface area (Å²) in [6, 6.07) is 12.0. The number of hydrogen-bond donors (Lipinski definition) is 0. The predicted molar refractivity (Wildman–Crippen MR) is 143 cm³/mol. The van der Waals surface area contributed by atoms with Crippen molar-refractivity contribution in [2.24, 2.45) is 5.92 Å². The molecule has 0 N–H and O–H groups in total. The number of likely N-dealkylation sites (tertiary alicyclic amines) is 2. The maximum atomic E-state index is 13.5. The van der Waals surface area contributed by atoms with Crippen LogP contribution < -0.4 is 0 Å². The van der Waals surface area contributed by atoms with E-state index in [4.69, 9.17) is 28.5 Å². The monoisotopic (exact) mass is 580 g/mol. The number of nitriles is 1. The second kappa shape index (κ2) is 12.2. The molecule has 2 aromatic rings. The van der Waals surface area contributed by atoms with Crippen molar-refractivity contribution in [2.45, 2.75) is 37.4 Å². The lowest BCUT2D eigenvalue weighted by molar-refractivity contribution is -0.137. The molecule has 4 rings (SSSR count). The Kier molecular flexibility index (Phi) is 9.10. The molecule has 11 heteroatoms. The molecule has 2 heterocycles. The lowest BCUT2D eigenvalue weighted by Gasteiger charge is -2.33. The number of rotatable bonds is 6. The molecular weight excluding hydrogens is 552 g/mol. The summed E-state index contributed by atoms with van der Waals surface area (Å²) in [5.41, 5.74) is -0.307. The average Bonchev–Trinajstić information content (AvgIpc) is 3.36. The Morgan fingerprint density at radius 3 is 2.36 bits per heavy atom. The Morgan fingerprint density at radius 2 is 1.74 bits per heavy atom. The SMILES string of the molecule is CN(C(=O)c1ccc(Cl)c(C(F)(F)F)c1)[C@H]1CN(C(=O)C2CCN(CCC#N)CC2)C[C@@H]1c1ccc(Cl)cc1. The van der Waals surface area contributed by atoms with Crippen LogP contribution in [0.15, 0.2) is 42.5 Å². The highest BCUT2D eigenvalue weighted by Crippen LogP contribution is 2.37. The number of carbonyl (C=O) groups excluding carboxylic acids is 2. The summed E-state index contributed by atoms with van der Waals surface area (Å²) in [4.78, 5) is 32.3. The molecule has 2 amide bonds. The fourth-order valence-corrected chi connectivity index (χ4v) is 5.85. The van der Waals surface area contributed by atoms with Crippen molar-refractivity contribution >= 4 is 35.0 Å². The van der Waals surface area contributed by atoms with E-state index in [1.807, 2.05) is 12.1 Å². The number of hydrogen-bond acceptors (Lipinski definition) is 4. The molecule has 208 valence electrons. The Morgan fingerprint density at radius 1 is 1.08 bits per heavy atom. The summed E-state index contributed by atoms with van der Waals surface area (Å²) in [6.07, 6.45) is -2.86. The first-order chi connectivity index (χ1) is 18.5. The zero-order valence-corrected chi connectivity index (χ0v) is 22.9. The number of halogens is 5. The molecule has 0 unspecified atom stereocenters. The molecular formula is C28H29Cl2F3N4O2. The lowest BCUT2D eigenvalue weighted by atomic mass is 9.93. The molecule has 2 aliphatic rings. The van der Waals surface area contributed by atoms with Crippen molar-refractivity contribution in [3.05, 3.63) is 69.2 Å². The first-order valence-corrected chi connectivity index (χ1v) is 13.5. The molecule has 0 aromatic heterocycles. The summed E-state index contributed by atoms with van der Waals surface area (Å²) in [5.74, 6) is -0.964. The van der Waals surface area contributed by atoms with Crippen LogP contribution in [0.5, 0.6) is 0 Å². The van der Waals surface area contributed by atoms with Gasteiger partial charge in [0.1, 0.15) is 0 Å². The largest absolute Gasteiger partial charge is 0.417 e. The Bertz CT molecular complexity index is 1240. The molecule has 2 fully saturated rings. The van der Waals surface area contributed by atoms with E-state index in [-0.39, 0.29) is 29.9 Å². The van der Waals surface area contributed by atoms with Gasteiger partial charge in [-0.25, -0.2) is 0 Å². The standard InChI is InChI=1S/C28H29Cl2F3N4O2/c1-35(26(38)20-5-8-24(30)23(15-20)28(31,32)33)25-17-37(16-22(25)18-3-6-21(29)7-4-18)27(39)19-9-13-36(14-10-19)12-2-11-34/h3-8,15,19,22,25H,2,9-10,12-14,16-17H2,1H3/t22-,25+/m1/s1. The maximum Gasteiger partial charge on any atom is 0.417 e. The van der Waals surface area contributed by atoms with Crippen LogP contribution in [0.2, 0.25) is 10.0 Å². The van der Waals surface area contributed by atoms with Crippen molar-refractivity contribution in [2.75, 3.05) is 39.8 Å². The zero-order chi connectivity index (χ0) is 28.3. The van der Waals surface area contributed by atoms with Crippen LogP contribution >= 0.6 is 23.2 Å².